The molecule has 4 rings (SSSR count). The van der Waals surface area contributed by atoms with Crippen LogP contribution >= 0.6 is 0 Å². The molecule has 0 aliphatic rings. The summed E-state index contributed by atoms with van der Waals surface area (Å²) in [6.45, 7) is 5.43. The topological polar surface area (TPSA) is 106 Å². The third-order valence-corrected chi connectivity index (χ3v) is 5.27. The molecule has 0 bridgehead atoms. The average molecular weight is 437 g/mol. The molecule has 0 saturated carbocycles. The van der Waals surface area contributed by atoms with Crippen LogP contribution in [0.1, 0.15) is 28.7 Å². The maximum absolute atomic E-state index is 15.0. The number of amides is 1. The van der Waals surface area contributed by atoms with Crippen LogP contribution in [0.2, 0.25) is 0 Å². The standard InChI is InChI=1S/C23H21F2N5O2/c1-11-7-18(29-23(32)21(31)14-5-4-6-15(24)8-14)17(25)9-16(11)19-20-22(26)27-10-12(2)30(20)13(3)28-19/h4-10,21,31H,1-3H3,(H2,26,27)(H,29,32)/t21-/m1/s1. The molecule has 1 amide bonds. The van der Waals surface area contributed by atoms with Gasteiger partial charge in [-0.15, -0.1) is 0 Å². The third-order valence-electron chi connectivity index (χ3n) is 5.27. The van der Waals surface area contributed by atoms with Crippen LogP contribution in [0.3, 0.4) is 0 Å². The molecule has 1 atom stereocenters. The molecule has 32 heavy (non-hydrogen) atoms. The Kier molecular flexibility index (Phi) is 5.35. The van der Waals surface area contributed by atoms with Crippen LogP contribution in [-0.2, 0) is 4.79 Å². The van der Waals surface area contributed by atoms with Gasteiger partial charge < -0.3 is 16.2 Å². The highest BCUT2D eigenvalue weighted by Gasteiger charge is 2.22. The van der Waals surface area contributed by atoms with E-state index in [1.807, 2.05) is 18.2 Å². The quantitative estimate of drug-likeness (QED) is 0.450. The predicted octanol–water partition coefficient (Wildman–Crippen LogP) is 3.85. The van der Waals surface area contributed by atoms with Crippen LogP contribution in [0.25, 0.3) is 16.8 Å². The van der Waals surface area contributed by atoms with Crippen LogP contribution in [0, 0.1) is 32.4 Å². The van der Waals surface area contributed by atoms with Gasteiger partial charge in [0.05, 0.1) is 5.69 Å². The van der Waals surface area contributed by atoms with E-state index < -0.39 is 23.6 Å². The SMILES string of the molecule is Cc1cc(NC(=O)[C@H](O)c2cccc(F)c2)c(F)cc1-c1nc(C)n2c(C)cnc(N)c12. The van der Waals surface area contributed by atoms with E-state index in [1.165, 1.54) is 30.3 Å². The van der Waals surface area contributed by atoms with E-state index in [9.17, 15) is 18.7 Å². The number of aryl methyl sites for hydroxylation is 3. The van der Waals surface area contributed by atoms with Gasteiger partial charge in [0.25, 0.3) is 5.91 Å². The Morgan fingerprint density at radius 3 is 2.66 bits per heavy atom. The van der Waals surface area contributed by atoms with Gasteiger partial charge >= 0.3 is 0 Å². The van der Waals surface area contributed by atoms with Crippen molar-refractivity contribution >= 4 is 22.9 Å². The third kappa shape index (κ3) is 3.67. The molecule has 0 spiro atoms. The molecule has 0 unspecified atom stereocenters. The first kappa shape index (κ1) is 21.4. The Bertz CT molecular complexity index is 1370. The normalized spacial score (nSPS) is 12.2. The summed E-state index contributed by atoms with van der Waals surface area (Å²) >= 11 is 0. The van der Waals surface area contributed by atoms with E-state index in [0.717, 1.165) is 11.8 Å². The van der Waals surface area contributed by atoms with Gasteiger partial charge in [0.15, 0.2) is 6.10 Å². The summed E-state index contributed by atoms with van der Waals surface area (Å²) in [7, 11) is 0. The van der Waals surface area contributed by atoms with Crippen molar-refractivity contribution in [2.24, 2.45) is 0 Å². The molecule has 2 heterocycles. The molecule has 0 radical (unpaired) electrons. The first-order valence-electron chi connectivity index (χ1n) is 9.82. The second-order valence-electron chi connectivity index (χ2n) is 7.57. The molecule has 0 saturated heterocycles. The number of anilines is 2. The second kappa shape index (κ2) is 8.01. The monoisotopic (exact) mass is 437 g/mol. The number of aliphatic hydroxyl groups is 1. The number of nitrogens with one attached hydrogen (secondary N) is 1. The van der Waals surface area contributed by atoms with E-state index in [0.29, 0.717) is 28.2 Å². The predicted molar refractivity (Wildman–Crippen MR) is 117 cm³/mol. The van der Waals surface area contributed by atoms with E-state index in [2.05, 4.69) is 15.3 Å². The smallest absolute Gasteiger partial charge is 0.257 e. The summed E-state index contributed by atoms with van der Waals surface area (Å²) in [5.74, 6) is -1.25. The summed E-state index contributed by atoms with van der Waals surface area (Å²) < 4.78 is 30.2. The molecule has 4 N–H and O–H groups in total. The van der Waals surface area contributed by atoms with E-state index in [4.69, 9.17) is 5.73 Å². The molecular formula is C23H21F2N5O2. The number of carbonyl (C=O) groups excluding carboxylic acids is 1. The van der Waals surface area contributed by atoms with E-state index >= 15 is 0 Å². The maximum atomic E-state index is 15.0. The lowest BCUT2D eigenvalue weighted by molar-refractivity contribution is -0.124. The van der Waals surface area contributed by atoms with E-state index in [1.54, 1.807) is 13.1 Å². The van der Waals surface area contributed by atoms with Crippen LogP contribution in [-0.4, -0.2) is 25.4 Å². The number of rotatable bonds is 4. The summed E-state index contributed by atoms with van der Waals surface area (Å²) in [5, 5.41) is 12.6. The number of halogens is 2. The zero-order valence-corrected chi connectivity index (χ0v) is 17.6. The number of nitrogens with zero attached hydrogens (tertiary/aromatic N) is 3. The number of hydrogen-bond donors (Lipinski definition) is 3. The minimum absolute atomic E-state index is 0.0644. The molecule has 0 aliphatic carbocycles. The van der Waals surface area contributed by atoms with Gasteiger partial charge in [-0.05, 0) is 56.2 Å². The van der Waals surface area contributed by atoms with Crippen molar-refractivity contribution in [1.82, 2.24) is 14.4 Å². The lowest BCUT2D eigenvalue weighted by Crippen LogP contribution is -2.21. The van der Waals surface area contributed by atoms with Gasteiger partial charge in [-0.2, -0.15) is 0 Å². The van der Waals surface area contributed by atoms with Gasteiger partial charge in [0, 0.05) is 17.5 Å². The number of aliphatic hydroxyl groups excluding tert-OH is 1. The summed E-state index contributed by atoms with van der Waals surface area (Å²) in [6, 6.07) is 7.72. The number of hydrogen-bond acceptors (Lipinski definition) is 5. The van der Waals surface area contributed by atoms with Gasteiger partial charge in [-0.25, -0.2) is 18.7 Å². The number of carbonyl (C=O) groups is 1. The number of benzene rings is 2. The van der Waals surface area contributed by atoms with Gasteiger partial charge in [0.2, 0.25) is 0 Å². The van der Waals surface area contributed by atoms with E-state index in [-0.39, 0.29) is 17.1 Å². The Hall–Kier alpha value is -3.85. The van der Waals surface area contributed by atoms with Crippen molar-refractivity contribution in [3.05, 3.63) is 76.9 Å². The van der Waals surface area contributed by atoms with Crippen molar-refractivity contribution in [2.45, 2.75) is 26.9 Å². The van der Waals surface area contributed by atoms with Gasteiger partial charge in [-0.1, -0.05) is 12.1 Å². The largest absolute Gasteiger partial charge is 0.382 e. The molecular weight excluding hydrogens is 416 g/mol. The number of nitrogens with two attached hydrogens (primary N) is 1. The maximum Gasteiger partial charge on any atom is 0.257 e. The molecule has 2 aromatic carbocycles. The second-order valence-corrected chi connectivity index (χ2v) is 7.57. The fraction of sp³-hybridized carbons (Fsp3) is 0.174. The molecule has 0 fully saturated rings. The van der Waals surface area contributed by atoms with Crippen molar-refractivity contribution in [1.29, 1.82) is 0 Å². The summed E-state index contributed by atoms with van der Waals surface area (Å²) in [4.78, 5) is 21.2. The lowest BCUT2D eigenvalue weighted by Gasteiger charge is -2.14. The van der Waals surface area contributed by atoms with Crippen molar-refractivity contribution < 1.29 is 18.7 Å². The minimum Gasteiger partial charge on any atom is -0.382 e. The van der Waals surface area contributed by atoms with Gasteiger partial charge in [-0.3, -0.25) is 9.20 Å². The van der Waals surface area contributed by atoms with Crippen LogP contribution in [0.15, 0.2) is 42.6 Å². The molecule has 9 heteroatoms. The average Bonchev–Trinajstić information content (AvgIpc) is 3.10. The summed E-state index contributed by atoms with van der Waals surface area (Å²) in [6.07, 6.45) is -0.0183. The Morgan fingerprint density at radius 2 is 1.94 bits per heavy atom. The number of imidazole rings is 1. The summed E-state index contributed by atoms with van der Waals surface area (Å²) in [5.41, 5.74) is 9.04. The highest BCUT2D eigenvalue weighted by molar-refractivity contribution is 5.95. The molecule has 7 nitrogen and oxygen atoms in total. The van der Waals surface area contributed by atoms with Crippen molar-refractivity contribution in [2.75, 3.05) is 11.1 Å². The van der Waals surface area contributed by atoms with Crippen molar-refractivity contribution in [3.8, 4) is 11.3 Å². The zero-order chi connectivity index (χ0) is 23.2. The number of aromatic nitrogens is 3. The van der Waals surface area contributed by atoms with Gasteiger partial charge in [0.1, 0.15) is 34.5 Å². The fourth-order valence-corrected chi connectivity index (χ4v) is 3.73. The van der Waals surface area contributed by atoms with Crippen LogP contribution < -0.4 is 11.1 Å². The zero-order valence-electron chi connectivity index (χ0n) is 17.6. The minimum atomic E-state index is -1.65. The molecule has 0 aliphatic heterocycles. The Labute approximate surface area is 182 Å². The number of nitrogen functional groups attached to an aromatic ring is 1. The van der Waals surface area contributed by atoms with Crippen LogP contribution in [0.4, 0.5) is 20.3 Å². The Balaban J connectivity index is 1.70. The first-order valence-corrected chi connectivity index (χ1v) is 9.82. The molecule has 2 aromatic heterocycles. The van der Waals surface area contributed by atoms with Crippen molar-refractivity contribution in [3.63, 3.8) is 0 Å². The first-order chi connectivity index (χ1) is 15.2. The fourth-order valence-electron chi connectivity index (χ4n) is 3.73. The molecule has 164 valence electrons. The van der Waals surface area contributed by atoms with Crippen LogP contribution in [0.5, 0.6) is 0 Å². The number of fused-ring (bicyclic) bond motifs is 1. The Morgan fingerprint density at radius 1 is 1.19 bits per heavy atom. The highest BCUT2D eigenvalue weighted by atomic mass is 19.1. The highest BCUT2D eigenvalue weighted by Crippen LogP contribution is 2.34. The lowest BCUT2D eigenvalue weighted by atomic mass is 10.0. The molecule has 4 aromatic rings.